The molecule has 13 nitrogen and oxygen atoms in total. The number of H-pyrrole nitrogens is 1. The number of benzene rings is 2. The molecule has 4 heterocycles. The van der Waals surface area contributed by atoms with Crippen LogP contribution in [0, 0.1) is 5.92 Å². The van der Waals surface area contributed by atoms with Crippen LogP contribution in [0.15, 0.2) is 67.0 Å². The number of aromatic nitrogens is 3. The van der Waals surface area contributed by atoms with Gasteiger partial charge in [-0.05, 0) is 68.0 Å². The number of piperazine rings is 1. The first kappa shape index (κ1) is 39.1. The van der Waals surface area contributed by atoms with Gasteiger partial charge in [0.2, 0.25) is 5.91 Å². The minimum absolute atomic E-state index is 0.114. The van der Waals surface area contributed by atoms with Crippen molar-refractivity contribution in [3.63, 3.8) is 0 Å². The van der Waals surface area contributed by atoms with Crippen molar-refractivity contribution in [3.05, 3.63) is 78.4 Å². The second kappa shape index (κ2) is 16.4. The Bertz CT molecular complexity index is 1990. The summed E-state index contributed by atoms with van der Waals surface area (Å²) in [5.74, 6) is -0.0946. The van der Waals surface area contributed by atoms with Crippen molar-refractivity contribution in [2.75, 3.05) is 37.0 Å². The van der Waals surface area contributed by atoms with Gasteiger partial charge in [-0.3, -0.25) is 9.59 Å². The molecule has 0 bridgehead atoms. The summed E-state index contributed by atoms with van der Waals surface area (Å²) in [6, 6.07) is 13.7. The standard InChI is InChI=1S/C39H45F3N8O5/c1-22(2)34(48-38(53)54-5)37(52)49-16-6-7-31(49)35-45-20-30(47-35)26-10-8-25(9-11-26)29-14-13-28(17-32(29)55-39(40,41)42)46-36(51)27-12-15-33(44-19-27)50-21-23(3)43-18-24(50)4/h8-15,17,19-20,22-24,31,34,43H,6-7,16,18,21H2,1-5H3,(H,45,47)(H,46,51)(H,48,53). The number of hydrogen-bond acceptors (Lipinski definition) is 9. The number of carbonyl (C=O) groups is 3. The van der Waals surface area contributed by atoms with Gasteiger partial charge in [0.15, 0.2) is 0 Å². The maximum absolute atomic E-state index is 13.6. The Morgan fingerprint density at radius 3 is 2.40 bits per heavy atom. The smallest absolute Gasteiger partial charge is 0.453 e. The molecule has 2 aliphatic rings. The van der Waals surface area contributed by atoms with Gasteiger partial charge < -0.3 is 40.2 Å². The first-order valence-electron chi connectivity index (χ1n) is 18.2. The number of aromatic amines is 1. The normalized spacial score (nSPS) is 19.3. The molecule has 0 radical (unpaired) electrons. The Labute approximate surface area is 317 Å². The van der Waals surface area contributed by atoms with Crippen molar-refractivity contribution in [3.8, 4) is 28.1 Å². The summed E-state index contributed by atoms with van der Waals surface area (Å²) >= 11 is 0. The molecule has 55 heavy (non-hydrogen) atoms. The Hall–Kier alpha value is -5.64. The van der Waals surface area contributed by atoms with Crippen LogP contribution in [0.4, 0.5) is 29.5 Å². The van der Waals surface area contributed by atoms with E-state index in [0.29, 0.717) is 35.6 Å². The average molecular weight is 763 g/mol. The van der Waals surface area contributed by atoms with Crippen molar-refractivity contribution in [1.29, 1.82) is 0 Å². The number of anilines is 2. The molecule has 2 aliphatic heterocycles. The lowest BCUT2D eigenvalue weighted by molar-refractivity contribution is -0.274. The minimum atomic E-state index is -4.98. The van der Waals surface area contributed by atoms with Crippen molar-refractivity contribution in [1.82, 2.24) is 30.5 Å². The molecule has 2 aromatic heterocycles. The van der Waals surface area contributed by atoms with Crippen molar-refractivity contribution < 1.29 is 37.0 Å². The van der Waals surface area contributed by atoms with Crippen LogP contribution in [0.3, 0.4) is 0 Å². The van der Waals surface area contributed by atoms with Gasteiger partial charge in [-0.1, -0.05) is 38.1 Å². The van der Waals surface area contributed by atoms with Gasteiger partial charge in [0.05, 0.1) is 30.6 Å². The molecule has 0 saturated carbocycles. The van der Waals surface area contributed by atoms with Crippen molar-refractivity contribution in [2.45, 2.75) is 71.1 Å². The molecule has 6 rings (SSSR count). The lowest BCUT2D eigenvalue weighted by Gasteiger charge is -2.38. The number of likely N-dealkylation sites (tertiary alicyclic amines) is 1. The number of hydrogen-bond donors (Lipinski definition) is 4. The highest BCUT2D eigenvalue weighted by molar-refractivity contribution is 6.04. The number of alkyl halides is 3. The zero-order chi connectivity index (χ0) is 39.4. The van der Waals surface area contributed by atoms with Gasteiger partial charge in [-0.2, -0.15) is 0 Å². The van der Waals surface area contributed by atoms with Crippen LogP contribution in [0.2, 0.25) is 0 Å². The zero-order valence-electron chi connectivity index (χ0n) is 31.2. The Morgan fingerprint density at radius 1 is 0.982 bits per heavy atom. The molecule has 4 unspecified atom stereocenters. The molecule has 292 valence electrons. The SMILES string of the molecule is COC(=O)NC(C(=O)N1CCCC1c1ncc(-c2ccc(-c3ccc(NC(=O)c4ccc(N5CC(C)NCC5C)nc4)cc3OC(F)(F)F)cc2)[nH]1)C(C)C. The molecule has 4 aromatic rings. The highest BCUT2D eigenvalue weighted by atomic mass is 19.4. The number of methoxy groups -OCH3 is 1. The largest absolute Gasteiger partial charge is 0.573 e. The fraction of sp³-hybridized carbons (Fsp3) is 0.410. The molecule has 3 amide bonds. The first-order valence-corrected chi connectivity index (χ1v) is 18.2. The number of nitrogens with zero attached hydrogens (tertiary/aromatic N) is 4. The molecular formula is C39H45F3N8O5. The van der Waals surface area contributed by atoms with Gasteiger partial charge in [0.25, 0.3) is 5.91 Å². The number of nitrogens with one attached hydrogen (secondary N) is 4. The molecule has 2 aromatic carbocycles. The van der Waals surface area contributed by atoms with E-state index in [2.05, 4.69) is 54.4 Å². The topological polar surface area (TPSA) is 154 Å². The number of ether oxygens (including phenoxy) is 2. The van der Waals surface area contributed by atoms with Gasteiger partial charge >= 0.3 is 12.5 Å². The molecule has 16 heteroatoms. The quantitative estimate of drug-likeness (QED) is 0.141. The second-order valence-corrected chi connectivity index (χ2v) is 14.2. The maximum atomic E-state index is 13.6. The number of halogens is 3. The molecule has 4 N–H and O–H groups in total. The summed E-state index contributed by atoms with van der Waals surface area (Å²) in [7, 11) is 1.24. The van der Waals surface area contributed by atoms with Crippen LogP contribution >= 0.6 is 0 Å². The molecule has 2 fully saturated rings. The van der Waals surface area contributed by atoms with E-state index in [-0.39, 0.29) is 46.8 Å². The van der Waals surface area contributed by atoms with E-state index < -0.39 is 30.2 Å². The van der Waals surface area contributed by atoms with Crippen molar-refractivity contribution in [2.24, 2.45) is 5.92 Å². The molecule has 2 saturated heterocycles. The van der Waals surface area contributed by atoms with E-state index in [9.17, 15) is 27.6 Å². The third kappa shape index (κ3) is 9.19. The summed E-state index contributed by atoms with van der Waals surface area (Å²) < 4.78 is 49.9. The predicted molar refractivity (Wildman–Crippen MR) is 200 cm³/mol. The van der Waals surface area contributed by atoms with Crippen LogP contribution in [0.25, 0.3) is 22.4 Å². The number of amides is 3. The first-order chi connectivity index (χ1) is 26.2. The summed E-state index contributed by atoms with van der Waals surface area (Å²) in [4.78, 5) is 54.7. The van der Waals surface area contributed by atoms with Crippen LogP contribution in [-0.4, -0.2) is 89.0 Å². The van der Waals surface area contributed by atoms with Gasteiger partial charge in [-0.25, -0.2) is 14.8 Å². The van der Waals surface area contributed by atoms with E-state index in [1.165, 1.54) is 25.4 Å². The van der Waals surface area contributed by atoms with Crippen LogP contribution in [-0.2, 0) is 9.53 Å². The van der Waals surface area contributed by atoms with E-state index in [4.69, 9.17) is 4.74 Å². The lowest BCUT2D eigenvalue weighted by Crippen LogP contribution is -2.54. The van der Waals surface area contributed by atoms with E-state index in [1.807, 2.05) is 13.8 Å². The van der Waals surface area contributed by atoms with E-state index in [0.717, 1.165) is 31.4 Å². The zero-order valence-corrected chi connectivity index (χ0v) is 31.2. The summed E-state index contributed by atoms with van der Waals surface area (Å²) in [6.45, 7) is 9.94. The number of rotatable bonds is 10. The highest BCUT2D eigenvalue weighted by Crippen LogP contribution is 2.38. The van der Waals surface area contributed by atoms with Gasteiger partial charge in [0.1, 0.15) is 23.4 Å². The van der Waals surface area contributed by atoms with Gasteiger partial charge in [0, 0.05) is 55.2 Å². The number of pyridine rings is 1. The minimum Gasteiger partial charge on any atom is -0.453 e. The molecule has 0 spiro atoms. The fourth-order valence-electron chi connectivity index (χ4n) is 6.96. The third-order valence-corrected chi connectivity index (χ3v) is 9.88. The monoisotopic (exact) mass is 762 g/mol. The average Bonchev–Trinajstić information content (AvgIpc) is 3.85. The third-order valence-electron chi connectivity index (χ3n) is 9.88. The number of imidazole rings is 1. The summed E-state index contributed by atoms with van der Waals surface area (Å²) in [5.41, 5.74) is 2.34. The second-order valence-electron chi connectivity index (χ2n) is 14.2. The maximum Gasteiger partial charge on any atom is 0.573 e. The summed E-state index contributed by atoms with van der Waals surface area (Å²) in [5, 5.41) is 8.71. The number of alkyl carbamates (subject to hydrolysis) is 1. The highest BCUT2D eigenvalue weighted by Gasteiger charge is 2.38. The Balaban J connectivity index is 1.16. The number of carbonyl (C=O) groups excluding carboxylic acids is 3. The Morgan fingerprint density at radius 2 is 1.73 bits per heavy atom. The van der Waals surface area contributed by atoms with Crippen LogP contribution in [0.1, 0.15) is 62.8 Å². The fourth-order valence-corrected chi connectivity index (χ4v) is 6.96. The Kier molecular flexibility index (Phi) is 11.6. The lowest BCUT2D eigenvalue weighted by atomic mass is 10.0. The molecule has 0 aliphatic carbocycles. The molecular weight excluding hydrogens is 717 g/mol. The van der Waals surface area contributed by atoms with Crippen LogP contribution in [0.5, 0.6) is 5.75 Å². The van der Waals surface area contributed by atoms with E-state index >= 15 is 0 Å². The van der Waals surface area contributed by atoms with E-state index in [1.54, 1.807) is 47.5 Å². The van der Waals surface area contributed by atoms with Crippen LogP contribution < -0.4 is 25.6 Å². The predicted octanol–water partition coefficient (Wildman–Crippen LogP) is 6.52. The van der Waals surface area contributed by atoms with Gasteiger partial charge in [-0.15, -0.1) is 13.2 Å². The summed E-state index contributed by atoms with van der Waals surface area (Å²) in [6.07, 6.45) is -1.14. The van der Waals surface area contributed by atoms with Crippen molar-refractivity contribution >= 4 is 29.4 Å². The molecule has 4 atom stereocenters.